The first-order chi connectivity index (χ1) is 14.2. The highest BCUT2D eigenvalue weighted by Gasteiger charge is 2.39. The number of rotatable bonds is 6. The number of carbonyl (C=O) groups is 1. The summed E-state index contributed by atoms with van der Waals surface area (Å²) in [5.41, 5.74) is 3.01. The number of halogens is 2. The van der Waals surface area contributed by atoms with E-state index < -0.39 is 22.0 Å². The Labute approximate surface area is 193 Å². The van der Waals surface area contributed by atoms with E-state index in [1.165, 1.54) is 41.9 Å². The van der Waals surface area contributed by atoms with Crippen LogP contribution in [-0.4, -0.2) is 49.6 Å². The largest absolute Gasteiger partial charge is 0.504 e. The molecule has 8 nitrogen and oxygen atoms in total. The molecule has 0 spiro atoms. The number of carbonyl (C=O) groups excluding carboxylic acids is 1. The second-order valence-electron chi connectivity index (χ2n) is 6.52. The Kier molecular flexibility index (Phi) is 7.22. The van der Waals surface area contributed by atoms with Crippen molar-refractivity contribution in [3.8, 4) is 11.5 Å². The van der Waals surface area contributed by atoms with Crippen LogP contribution in [0.4, 0.5) is 0 Å². The van der Waals surface area contributed by atoms with Gasteiger partial charge in [-0.2, -0.15) is 9.41 Å². The molecule has 1 aliphatic rings. The summed E-state index contributed by atoms with van der Waals surface area (Å²) in [4.78, 5) is 12.7. The van der Waals surface area contributed by atoms with Gasteiger partial charge in [-0.25, -0.2) is 13.8 Å². The topological polar surface area (TPSA) is 108 Å². The zero-order valence-electron chi connectivity index (χ0n) is 15.9. The van der Waals surface area contributed by atoms with Gasteiger partial charge in [0, 0.05) is 11.6 Å². The van der Waals surface area contributed by atoms with Gasteiger partial charge in [0.2, 0.25) is 10.0 Å². The number of nitrogens with one attached hydrogen (secondary N) is 1. The average Bonchev–Trinajstić information content (AvgIpc) is 3.21. The van der Waals surface area contributed by atoms with Crippen LogP contribution in [-0.2, 0) is 14.8 Å². The second kappa shape index (κ2) is 9.50. The first-order valence-corrected chi connectivity index (χ1v) is 11.8. The van der Waals surface area contributed by atoms with Crippen molar-refractivity contribution in [2.24, 2.45) is 5.10 Å². The summed E-state index contributed by atoms with van der Waals surface area (Å²) < 4.78 is 32.7. The Morgan fingerprint density at radius 2 is 2.07 bits per heavy atom. The third kappa shape index (κ3) is 4.88. The summed E-state index contributed by atoms with van der Waals surface area (Å²) in [7, 11) is -2.40. The highest BCUT2D eigenvalue weighted by atomic mass is 127. The van der Waals surface area contributed by atoms with Crippen LogP contribution in [0.2, 0.25) is 5.02 Å². The van der Waals surface area contributed by atoms with Crippen LogP contribution in [0.5, 0.6) is 11.5 Å². The molecule has 0 saturated carbocycles. The number of amides is 1. The lowest BCUT2D eigenvalue weighted by molar-refractivity contribution is -0.124. The lowest BCUT2D eigenvalue weighted by atomic mass is 10.2. The van der Waals surface area contributed by atoms with Crippen LogP contribution < -0.4 is 10.2 Å². The number of hydrogen-bond donors (Lipinski definition) is 2. The van der Waals surface area contributed by atoms with Gasteiger partial charge < -0.3 is 9.84 Å². The fourth-order valence-electron chi connectivity index (χ4n) is 3.10. The number of phenolic OH excluding ortho intramolecular Hbond substituents is 1. The molecule has 2 aromatic rings. The van der Waals surface area contributed by atoms with Gasteiger partial charge in [-0.1, -0.05) is 11.6 Å². The summed E-state index contributed by atoms with van der Waals surface area (Å²) in [6.45, 7) is 0.250. The maximum atomic E-state index is 12.9. The Balaban J connectivity index is 1.73. The third-order valence-corrected chi connectivity index (χ3v) is 7.58. The first-order valence-electron chi connectivity index (χ1n) is 8.91. The molecular weight excluding hydrogens is 545 g/mol. The second-order valence-corrected chi connectivity index (χ2v) is 10.0. The molecule has 1 saturated heterocycles. The summed E-state index contributed by atoms with van der Waals surface area (Å²) in [5.74, 6) is -0.208. The van der Waals surface area contributed by atoms with E-state index in [0.29, 0.717) is 27.0 Å². The zero-order chi connectivity index (χ0) is 21.9. The Bertz CT molecular complexity index is 1080. The number of ether oxygens (including phenoxy) is 1. The lowest BCUT2D eigenvalue weighted by Crippen LogP contribution is -2.44. The number of hydrogen-bond acceptors (Lipinski definition) is 6. The highest BCUT2D eigenvalue weighted by molar-refractivity contribution is 14.1. The van der Waals surface area contributed by atoms with Crippen LogP contribution in [0.25, 0.3) is 0 Å². The van der Waals surface area contributed by atoms with Crippen molar-refractivity contribution in [2.75, 3.05) is 13.7 Å². The van der Waals surface area contributed by atoms with Crippen molar-refractivity contribution < 1.29 is 23.1 Å². The number of methoxy groups -OCH3 is 1. The van der Waals surface area contributed by atoms with E-state index in [1.807, 2.05) is 22.6 Å². The Hall–Kier alpha value is -1.89. The molecule has 2 aromatic carbocycles. The minimum atomic E-state index is -3.83. The van der Waals surface area contributed by atoms with Crippen LogP contribution in [0.1, 0.15) is 18.4 Å². The van der Waals surface area contributed by atoms with Gasteiger partial charge in [-0.05, 0) is 77.4 Å². The third-order valence-electron chi connectivity index (χ3n) is 4.59. The van der Waals surface area contributed by atoms with Gasteiger partial charge in [-0.15, -0.1) is 0 Å². The summed E-state index contributed by atoms with van der Waals surface area (Å²) in [5, 5.41) is 14.2. The standard InChI is InChI=1S/C19H19ClIN3O5S/c1-29-17-10-12(9-15(21)18(17)25)11-22-23-19(26)16-3-2-8-24(16)30(27,28)14-6-4-13(20)5-7-14/h4-7,9-11,16,25H,2-3,8H2,1H3,(H,23,26)/b22-11-/t16-/m0/s1. The van der Waals surface area contributed by atoms with Crippen LogP contribution in [0.3, 0.4) is 0 Å². The fourth-order valence-corrected chi connectivity index (χ4v) is 5.51. The van der Waals surface area contributed by atoms with E-state index in [0.717, 1.165) is 0 Å². The fraction of sp³-hybridized carbons (Fsp3) is 0.263. The molecule has 0 unspecified atom stereocenters. The van der Waals surface area contributed by atoms with Gasteiger partial charge in [0.25, 0.3) is 5.91 Å². The van der Waals surface area contributed by atoms with Crippen molar-refractivity contribution in [3.63, 3.8) is 0 Å². The van der Waals surface area contributed by atoms with Gasteiger partial charge >= 0.3 is 0 Å². The molecule has 160 valence electrons. The zero-order valence-corrected chi connectivity index (χ0v) is 19.6. The monoisotopic (exact) mass is 563 g/mol. The predicted octanol–water partition coefficient (Wildman–Crippen LogP) is 2.96. The minimum Gasteiger partial charge on any atom is -0.504 e. The summed E-state index contributed by atoms with van der Waals surface area (Å²) in [6, 6.07) is 8.22. The van der Waals surface area contributed by atoms with Crippen LogP contribution in [0, 0.1) is 3.57 Å². The smallest absolute Gasteiger partial charge is 0.258 e. The molecule has 1 amide bonds. The lowest BCUT2D eigenvalue weighted by Gasteiger charge is -2.22. The number of aromatic hydroxyl groups is 1. The van der Waals surface area contributed by atoms with E-state index in [4.69, 9.17) is 16.3 Å². The molecule has 1 aliphatic heterocycles. The molecular formula is C19H19ClIN3O5S. The number of benzene rings is 2. The van der Waals surface area contributed by atoms with Gasteiger partial charge in [0.1, 0.15) is 6.04 Å². The van der Waals surface area contributed by atoms with Gasteiger partial charge in [0.05, 0.1) is 21.8 Å². The molecule has 1 heterocycles. The van der Waals surface area contributed by atoms with Crippen molar-refractivity contribution in [3.05, 3.63) is 50.6 Å². The molecule has 3 rings (SSSR count). The molecule has 11 heteroatoms. The first kappa shape index (κ1) is 22.8. The molecule has 0 aromatic heterocycles. The molecule has 0 radical (unpaired) electrons. The van der Waals surface area contributed by atoms with Crippen molar-refractivity contribution >= 4 is 56.3 Å². The Morgan fingerprint density at radius 1 is 1.37 bits per heavy atom. The molecule has 1 fully saturated rings. The maximum absolute atomic E-state index is 12.9. The van der Waals surface area contributed by atoms with Crippen molar-refractivity contribution in [2.45, 2.75) is 23.8 Å². The van der Waals surface area contributed by atoms with Crippen molar-refractivity contribution in [1.29, 1.82) is 0 Å². The normalized spacial score (nSPS) is 17.4. The van der Waals surface area contributed by atoms with Crippen LogP contribution in [0.15, 0.2) is 46.4 Å². The van der Waals surface area contributed by atoms with E-state index in [1.54, 1.807) is 12.1 Å². The minimum absolute atomic E-state index is 0.0216. The van der Waals surface area contributed by atoms with Gasteiger partial charge in [0.15, 0.2) is 11.5 Å². The average molecular weight is 564 g/mol. The van der Waals surface area contributed by atoms with Crippen LogP contribution >= 0.6 is 34.2 Å². The Morgan fingerprint density at radius 3 is 2.73 bits per heavy atom. The van der Waals surface area contributed by atoms with E-state index in [9.17, 15) is 18.3 Å². The number of nitrogens with zero attached hydrogens (tertiary/aromatic N) is 2. The number of sulfonamides is 1. The number of phenols is 1. The molecule has 0 bridgehead atoms. The maximum Gasteiger partial charge on any atom is 0.258 e. The predicted molar refractivity (Wildman–Crippen MR) is 121 cm³/mol. The highest BCUT2D eigenvalue weighted by Crippen LogP contribution is 2.32. The van der Waals surface area contributed by atoms with E-state index >= 15 is 0 Å². The summed E-state index contributed by atoms with van der Waals surface area (Å²) >= 11 is 7.79. The van der Waals surface area contributed by atoms with Gasteiger partial charge in [-0.3, -0.25) is 4.79 Å². The van der Waals surface area contributed by atoms with E-state index in [-0.39, 0.29) is 22.9 Å². The van der Waals surface area contributed by atoms with E-state index in [2.05, 4.69) is 10.5 Å². The summed E-state index contributed by atoms with van der Waals surface area (Å²) in [6.07, 6.45) is 2.37. The number of hydrazone groups is 1. The molecule has 1 atom stereocenters. The quantitative estimate of drug-likeness (QED) is 0.319. The SMILES string of the molecule is COc1cc(/C=N\NC(=O)[C@@H]2CCCN2S(=O)(=O)c2ccc(Cl)cc2)cc(I)c1O. The molecule has 0 aliphatic carbocycles. The molecule has 2 N–H and O–H groups in total. The van der Waals surface area contributed by atoms with Crippen molar-refractivity contribution in [1.82, 2.24) is 9.73 Å². The molecule has 30 heavy (non-hydrogen) atoms.